The molecule has 2 aliphatic rings. The number of ether oxygens (including phenoxy) is 1. The van der Waals surface area contributed by atoms with E-state index in [0.717, 1.165) is 12.8 Å². The van der Waals surface area contributed by atoms with Crippen LogP contribution >= 0.6 is 0 Å². The van der Waals surface area contributed by atoms with Crippen LogP contribution in [-0.2, 0) is 14.0 Å². The molecule has 0 radical (unpaired) electrons. The first kappa shape index (κ1) is 18.1. The molecule has 3 rings (SSSR count). The van der Waals surface area contributed by atoms with E-state index in [0.29, 0.717) is 5.56 Å². The lowest BCUT2D eigenvalue weighted by atomic mass is 9.85. The smallest absolute Gasteiger partial charge is 0.461 e. The quantitative estimate of drug-likeness (QED) is 0.595. The molecule has 0 amide bonds. The second kappa shape index (κ2) is 6.25. The zero-order valence-electron chi connectivity index (χ0n) is 15.2. The summed E-state index contributed by atoms with van der Waals surface area (Å²) in [7, 11) is -1.01. The minimum Gasteiger partial charge on any atom is -0.461 e. The molecule has 0 aromatic heterocycles. The lowest BCUT2D eigenvalue weighted by molar-refractivity contribution is 0.00578. The Balaban J connectivity index is 1.62. The molecule has 1 saturated heterocycles. The first-order valence-corrected chi connectivity index (χ1v) is 8.60. The Hall–Kier alpha value is -1.66. The van der Waals surface area contributed by atoms with Gasteiger partial charge in [-0.15, -0.1) is 0 Å². The van der Waals surface area contributed by atoms with Crippen molar-refractivity contribution in [2.75, 3.05) is 6.61 Å². The molecule has 6 heteroatoms. The van der Waals surface area contributed by atoms with E-state index in [-0.39, 0.29) is 6.61 Å². The molecule has 1 heterocycles. The second-order valence-electron chi connectivity index (χ2n) is 7.92. The summed E-state index contributed by atoms with van der Waals surface area (Å²) in [4.78, 5) is 12.0. The van der Waals surface area contributed by atoms with E-state index in [9.17, 15) is 9.18 Å². The zero-order valence-corrected chi connectivity index (χ0v) is 15.2. The molecule has 0 spiro atoms. The van der Waals surface area contributed by atoms with Crippen molar-refractivity contribution in [3.8, 4) is 0 Å². The maximum absolute atomic E-state index is 14.6. The van der Waals surface area contributed by atoms with E-state index in [4.69, 9.17) is 14.0 Å². The molecule has 1 saturated carbocycles. The summed E-state index contributed by atoms with van der Waals surface area (Å²) in [6, 6.07) is 8.79. The van der Waals surface area contributed by atoms with E-state index in [1.54, 1.807) is 24.3 Å². The van der Waals surface area contributed by atoms with Gasteiger partial charge >= 0.3 is 13.1 Å². The Kier molecular flexibility index (Phi) is 4.54. The van der Waals surface area contributed by atoms with Crippen LogP contribution in [-0.4, -0.2) is 30.9 Å². The van der Waals surface area contributed by atoms with E-state index in [1.165, 1.54) is 6.08 Å². The Morgan fingerprint density at radius 1 is 1.16 bits per heavy atom. The summed E-state index contributed by atoms with van der Waals surface area (Å²) in [5, 5.41) is 0. The van der Waals surface area contributed by atoms with Crippen LogP contribution in [0.4, 0.5) is 4.39 Å². The number of hydrogen-bond acceptors (Lipinski definition) is 4. The number of halogens is 1. The lowest BCUT2D eigenvalue weighted by Gasteiger charge is -2.32. The Labute approximate surface area is 148 Å². The molecular formula is C19H24BFO4. The van der Waals surface area contributed by atoms with Crippen molar-refractivity contribution in [3.05, 3.63) is 47.7 Å². The molecule has 0 atom stereocenters. The fourth-order valence-electron chi connectivity index (χ4n) is 2.67. The standard InChI is InChI=1S/C19H24BFO4/c1-17(2)18(3,4)25-20(24-17)15(21)12-19(10-11-19)13-23-16(22)14-8-6-5-7-9-14/h5-9,12H,10-11,13H2,1-4H3. The predicted octanol–water partition coefficient (Wildman–Crippen LogP) is 4.11. The number of carbonyl (C=O) groups excluding carboxylic acids is 1. The Morgan fingerprint density at radius 2 is 1.72 bits per heavy atom. The van der Waals surface area contributed by atoms with Gasteiger partial charge in [-0.25, -0.2) is 9.18 Å². The van der Waals surface area contributed by atoms with Crippen molar-refractivity contribution in [1.82, 2.24) is 0 Å². The van der Waals surface area contributed by atoms with Crippen molar-refractivity contribution in [2.45, 2.75) is 51.7 Å². The van der Waals surface area contributed by atoms with Crippen molar-refractivity contribution in [2.24, 2.45) is 5.41 Å². The molecule has 1 aliphatic carbocycles. The molecule has 2 fully saturated rings. The molecule has 0 N–H and O–H groups in total. The second-order valence-corrected chi connectivity index (χ2v) is 7.92. The fourth-order valence-corrected chi connectivity index (χ4v) is 2.67. The minimum atomic E-state index is -1.01. The molecule has 0 bridgehead atoms. The molecule has 4 nitrogen and oxygen atoms in total. The van der Waals surface area contributed by atoms with Gasteiger partial charge in [0, 0.05) is 5.41 Å². The number of rotatable bonds is 5. The summed E-state index contributed by atoms with van der Waals surface area (Å²) in [5.74, 6) is -0.392. The van der Waals surface area contributed by atoms with Gasteiger partial charge in [0.05, 0.1) is 16.8 Å². The summed E-state index contributed by atoms with van der Waals surface area (Å²) >= 11 is 0. The fraction of sp³-hybridized carbons (Fsp3) is 0.526. The molecule has 1 aliphatic heterocycles. The van der Waals surface area contributed by atoms with E-state index >= 15 is 0 Å². The third kappa shape index (κ3) is 3.80. The third-order valence-electron chi connectivity index (χ3n) is 5.31. The van der Waals surface area contributed by atoms with Crippen LogP contribution in [0.5, 0.6) is 0 Å². The summed E-state index contributed by atoms with van der Waals surface area (Å²) in [5.41, 5.74) is -1.57. The molecule has 134 valence electrons. The number of benzene rings is 1. The normalized spacial score (nSPS) is 23.4. The molecule has 1 aromatic rings. The van der Waals surface area contributed by atoms with Gasteiger partial charge in [0.1, 0.15) is 12.3 Å². The van der Waals surface area contributed by atoms with Crippen LogP contribution in [0.15, 0.2) is 42.1 Å². The van der Waals surface area contributed by atoms with Gasteiger partial charge in [0.25, 0.3) is 0 Å². The largest absolute Gasteiger partial charge is 0.524 e. The highest BCUT2D eigenvalue weighted by Gasteiger charge is 2.54. The van der Waals surface area contributed by atoms with Crippen molar-refractivity contribution >= 4 is 13.1 Å². The van der Waals surface area contributed by atoms with Gasteiger partial charge in [-0.1, -0.05) is 18.2 Å². The maximum Gasteiger partial charge on any atom is 0.524 e. The highest BCUT2D eigenvalue weighted by Crippen LogP contribution is 2.49. The van der Waals surface area contributed by atoms with E-state index in [2.05, 4.69) is 0 Å². The van der Waals surface area contributed by atoms with Gasteiger partial charge in [-0.3, -0.25) is 0 Å². The van der Waals surface area contributed by atoms with Crippen LogP contribution in [0, 0.1) is 5.41 Å². The van der Waals surface area contributed by atoms with Crippen LogP contribution in [0.1, 0.15) is 50.9 Å². The number of hydrogen-bond donors (Lipinski definition) is 0. The van der Waals surface area contributed by atoms with Crippen LogP contribution < -0.4 is 0 Å². The number of esters is 1. The highest BCUT2D eigenvalue weighted by atomic mass is 19.1. The topological polar surface area (TPSA) is 44.8 Å². The predicted molar refractivity (Wildman–Crippen MR) is 93.7 cm³/mol. The first-order chi connectivity index (χ1) is 11.6. The minimum absolute atomic E-state index is 0.160. The SMILES string of the molecule is CC1(C)OB(C(F)=CC2(COC(=O)c3ccccc3)CC2)OC1(C)C. The van der Waals surface area contributed by atoms with Gasteiger partial charge in [0.2, 0.25) is 0 Å². The average molecular weight is 346 g/mol. The molecule has 1 aromatic carbocycles. The van der Waals surface area contributed by atoms with Crippen LogP contribution in [0.25, 0.3) is 0 Å². The van der Waals surface area contributed by atoms with Crippen molar-refractivity contribution < 1.29 is 23.2 Å². The maximum atomic E-state index is 14.6. The average Bonchev–Trinajstić information content (AvgIpc) is 3.27. The van der Waals surface area contributed by atoms with E-state index in [1.807, 2.05) is 33.8 Å². The van der Waals surface area contributed by atoms with Gasteiger partial charge in [0.15, 0.2) is 0 Å². The summed E-state index contributed by atoms with van der Waals surface area (Å²) in [6.45, 7) is 7.70. The van der Waals surface area contributed by atoms with Gasteiger partial charge in [-0.2, -0.15) is 0 Å². The van der Waals surface area contributed by atoms with Crippen LogP contribution in [0.2, 0.25) is 0 Å². The molecular weight excluding hydrogens is 322 g/mol. The Morgan fingerprint density at radius 3 is 2.24 bits per heavy atom. The summed E-state index contributed by atoms with van der Waals surface area (Å²) in [6.07, 6.45) is 3.07. The van der Waals surface area contributed by atoms with E-state index < -0.39 is 35.4 Å². The van der Waals surface area contributed by atoms with Gasteiger partial charge in [-0.05, 0) is 58.7 Å². The zero-order chi connectivity index (χ0) is 18.3. The highest BCUT2D eigenvalue weighted by molar-refractivity contribution is 6.53. The van der Waals surface area contributed by atoms with Crippen molar-refractivity contribution in [3.63, 3.8) is 0 Å². The Bertz CT molecular complexity index is 664. The first-order valence-electron chi connectivity index (χ1n) is 8.60. The van der Waals surface area contributed by atoms with Crippen LogP contribution in [0.3, 0.4) is 0 Å². The summed E-state index contributed by atoms with van der Waals surface area (Å²) < 4.78 is 31.5. The third-order valence-corrected chi connectivity index (χ3v) is 5.31. The lowest BCUT2D eigenvalue weighted by Crippen LogP contribution is -2.41. The molecule has 0 unspecified atom stereocenters. The van der Waals surface area contributed by atoms with Crippen molar-refractivity contribution in [1.29, 1.82) is 0 Å². The number of carbonyl (C=O) groups is 1. The van der Waals surface area contributed by atoms with Gasteiger partial charge < -0.3 is 14.0 Å². The molecule has 25 heavy (non-hydrogen) atoms. The monoisotopic (exact) mass is 346 g/mol.